The molecule has 20 heavy (non-hydrogen) atoms. The highest BCUT2D eigenvalue weighted by Crippen LogP contribution is 2.40. The molecule has 1 aliphatic heterocycles. The first-order chi connectivity index (χ1) is 9.33. The summed E-state index contributed by atoms with van der Waals surface area (Å²) in [5.74, 6) is 0.131. The van der Waals surface area contributed by atoms with Gasteiger partial charge in [-0.25, -0.2) is 0 Å². The molecule has 0 saturated heterocycles. The van der Waals surface area contributed by atoms with Gasteiger partial charge in [-0.1, -0.05) is 23.7 Å². The average Bonchev–Trinajstić information content (AvgIpc) is 2.60. The van der Waals surface area contributed by atoms with E-state index < -0.39 is 5.60 Å². The molecule has 0 amide bonds. The molecule has 0 radical (unpaired) electrons. The lowest BCUT2D eigenvalue weighted by atomic mass is 9.78. The second-order valence-electron chi connectivity index (χ2n) is 5.34. The van der Waals surface area contributed by atoms with Gasteiger partial charge in [-0.15, -0.1) is 0 Å². The Balaban J connectivity index is 2.44. The molecule has 1 aromatic rings. The molecule has 3 nitrogen and oxygen atoms in total. The molecule has 0 spiro atoms. The predicted molar refractivity (Wildman–Crippen MR) is 77.7 cm³/mol. The molecule has 0 N–H and O–H groups in total. The van der Waals surface area contributed by atoms with Gasteiger partial charge in [-0.05, 0) is 38.5 Å². The molecule has 106 valence electrons. The van der Waals surface area contributed by atoms with Crippen LogP contribution < -0.4 is 0 Å². The van der Waals surface area contributed by atoms with Crippen LogP contribution in [0.15, 0.2) is 36.1 Å². The molecule has 0 aliphatic carbocycles. The molecule has 0 saturated carbocycles. The summed E-state index contributed by atoms with van der Waals surface area (Å²) in [4.78, 5) is 23.8. The summed E-state index contributed by atoms with van der Waals surface area (Å²) < 4.78 is 5.73. The number of hydrogen-bond donors (Lipinski definition) is 0. The molecule has 1 aromatic carbocycles. The van der Waals surface area contributed by atoms with Gasteiger partial charge in [-0.3, -0.25) is 4.79 Å². The summed E-state index contributed by atoms with van der Waals surface area (Å²) in [6, 6.07) is 7.23. The van der Waals surface area contributed by atoms with Crippen LogP contribution in [0.4, 0.5) is 0 Å². The number of ether oxygens (including phenoxy) is 1. The normalized spacial score (nSPS) is 23.2. The van der Waals surface area contributed by atoms with E-state index in [2.05, 4.69) is 0 Å². The highest BCUT2D eigenvalue weighted by Gasteiger charge is 2.47. The summed E-state index contributed by atoms with van der Waals surface area (Å²) >= 11 is 6.02. The topological polar surface area (TPSA) is 43.4 Å². The monoisotopic (exact) mass is 292 g/mol. The van der Waals surface area contributed by atoms with E-state index in [1.807, 2.05) is 12.1 Å². The van der Waals surface area contributed by atoms with Crippen molar-refractivity contribution < 1.29 is 14.3 Å². The molecule has 2 atom stereocenters. The van der Waals surface area contributed by atoms with Crippen LogP contribution in [0.2, 0.25) is 5.02 Å². The molecule has 0 unspecified atom stereocenters. The second-order valence-corrected chi connectivity index (χ2v) is 5.78. The number of benzene rings is 1. The number of halogens is 1. The van der Waals surface area contributed by atoms with Crippen molar-refractivity contribution in [1.29, 1.82) is 0 Å². The van der Waals surface area contributed by atoms with Crippen molar-refractivity contribution in [3.05, 3.63) is 46.7 Å². The molecule has 1 aliphatic rings. The van der Waals surface area contributed by atoms with E-state index in [0.29, 0.717) is 10.8 Å². The lowest BCUT2D eigenvalue weighted by molar-refractivity contribution is -0.132. The first-order valence-electron chi connectivity index (χ1n) is 6.49. The predicted octanol–water partition coefficient (Wildman–Crippen LogP) is 3.66. The number of Topliss-reactive ketones (excluding diaryl/α,β-unsaturated/α-hetero) is 1. The van der Waals surface area contributed by atoms with Crippen LogP contribution >= 0.6 is 11.6 Å². The Hall–Kier alpha value is -1.61. The molecule has 2 rings (SSSR count). The van der Waals surface area contributed by atoms with Gasteiger partial charge in [0, 0.05) is 23.4 Å². The third-order valence-corrected chi connectivity index (χ3v) is 3.84. The minimum atomic E-state index is -1.04. The fourth-order valence-electron chi connectivity index (χ4n) is 2.63. The van der Waals surface area contributed by atoms with Crippen molar-refractivity contribution in [3.63, 3.8) is 0 Å². The van der Waals surface area contributed by atoms with Crippen LogP contribution in [0.3, 0.4) is 0 Å². The number of carbonyl (C=O) groups excluding carboxylic acids is 2. The first-order valence-corrected chi connectivity index (χ1v) is 6.87. The summed E-state index contributed by atoms with van der Waals surface area (Å²) in [6.07, 6.45) is 1.72. The van der Waals surface area contributed by atoms with Gasteiger partial charge in [0.1, 0.15) is 5.78 Å². The Labute approximate surface area is 123 Å². The van der Waals surface area contributed by atoms with Crippen molar-refractivity contribution in [2.75, 3.05) is 0 Å². The smallest absolute Gasteiger partial charge is 0.202 e. The quantitative estimate of drug-likeness (QED) is 0.850. The van der Waals surface area contributed by atoms with Crippen LogP contribution in [0.5, 0.6) is 0 Å². The standard InChI is InChI=1S/C16H17ClO3/c1-10(18)7-14(12-5-4-6-13(17)9-12)16(3)15(19)8-11(2)20-16/h4-6,8-9,14H,7H2,1-3H3/t14-,16-/m1/s1. The fourth-order valence-corrected chi connectivity index (χ4v) is 2.83. The van der Waals surface area contributed by atoms with Crippen molar-refractivity contribution >= 4 is 23.2 Å². The fraction of sp³-hybridized carbons (Fsp3) is 0.375. The summed E-state index contributed by atoms with van der Waals surface area (Å²) in [6.45, 7) is 4.99. The Morgan fingerprint density at radius 2 is 2.15 bits per heavy atom. The third-order valence-electron chi connectivity index (χ3n) is 3.60. The summed E-state index contributed by atoms with van der Waals surface area (Å²) in [5.41, 5.74) is -0.202. The van der Waals surface area contributed by atoms with E-state index in [9.17, 15) is 9.59 Å². The van der Waals surface area contributed by atoms with E-state index >= 15 is 0 Å². The van der Waals surface area contributed by atoms with Crippen LogP contribution in [-0.4, -0.2) is 17.2 Å². The van der Waals surface area contributed by atoms with E-state index in [4.69, 9.17) is 16.3 Å². The van der Waals surface area contributed by atoms with Gasteiger partial charge in [-0.2, -0.15) is 0 Å². The molecule has 0 fully saturated rings. The number of carbonyl (C=O) groups is 2. The molecular weight excluding hydrogens is 276 g/mol. The number of ketones is 2. The van der Waals surface area contributed by atoms with E-state index in [0.717, 1.165) is 5.56 Å². The molecular formula is C16H17ClO3. The zero-order valence-electron chi connectivity index (χ0n) is 11.8. The molecule has 0 aromatic heterocycles. The lowest BCUT2D eigenvalue weighted by Gasteiger charge is -2.32. The van der Waals surface area contributed by atoms with Gasteiger partial charge in [0.25, 0.3) is 0 Å². The van der Waals surface area contributed by atoms with Gasteiger partial charge in [0.2, 0.25) is 5.78 Å². The van der Waals surface area contributed by atoms with Gasteiger partial charge >= 0.3 is 0 Å². The van der Waals surface area contributed by atoms with Crippen LogP contribution in [0, 0.1) is 0 Å². The average molecular weight is 293 g/mol. The molecule has 4 heteroatoms. The van der Waals surface area contributed by atoms with E-state index in [-0.39, 0.29) is 23.9 Å². The zero-order valence-corrected chi connectivity index (χ0v) is 12.5. The van der Waals surface area contributed by atoms with E-state index in [1.165, 1.54) is 13.0 Å². The van der Waals surface area contributed by atoms with Gasteiger partial charge in [0.15, 0.2) is 5.60 Å². The lowest BCUT2D eigenvalue weighted by Crippen LogP contribution is -2.40. The number of hydrogen-bond acceptors (Lipinski definition) is 3. The maximum Gasteiger partial charge on any atom is 0.202 e. The van der Waals surface area contributed by atoms with Crippen LogP contribution in [0.1, 0.15) is 38.7 Å². The summed E-state index contributed by atoms with van der Waals surface area (Å²) in [7, 11) is 0. The Kier molecular flexibility index (Phi) is 4.00. The SMILES string of the molecule is CC(=O)C[C@H](c1cccc(Cl)c1)[C@@]1(C)OC(C)=CC1=O. The van der Waals surface area contributed by atoms with Crippen molar-refractivity contribution in [3.8, 4) is 0 Å². The molecule has 1 heterocycles. The first kappa shape index (κ1) is 14.8. The van der Waals surface area contributed by atoms with Crippen LogP contribution in [0.25, 0.3) is 0 Å². The number of rotatable bonds is 4. The van der Waals surface area contributed by atoms with Crippen molar-refractivity contribution in [1.82, 2.24) is 0 Å². The highest BCUT2D eigenvalue weighted by atomic mass is 35.5. The maximum atomic E-state index is 12.2. The van der Waals surface area contributed by atoms with E-state index in [1.54, 1.807) is 26.0 Å². The third kappa shape index (κ3) is 2.78. The highest BCUT2D eigenvalue weighted by molar-refractivity contribution is 6.30. The largest absolute Gasteiger partial charge is 0.483 e. The second kappa shape index (κ2) is 5.41. The summed E-state index contributed by atoms with van der Waals surface area (Å²) in [5, 5.41) is 0.578. The Bertz CT molecular complexity index is 591. The van der Waals surface area contributed by atoms with Gasteiger partial charge < -0.3 is 9.53 Å². The Morgan fingerprint density at radius 3 is 2.65 bits per heavy atom. The zero-order chi connectivity index (χ0) is 14.9. The minimum absolute atomic E-state index is 0.0113. The Morgan fingerprint density at radius 1 is 1.45 bits per heavy atom. The van der Waals surface area contributed by atoms with Crippen LogP contribution in [-0.2, 0) is 14.3 Å². The van der Waals surface area contributed by atoms with Gasteiger partial charge in [0.05, 0.1) is 5.76 Å². The minimum Gasteiger partial charge on any atom is -0.483 e. The maximum absolute atomic E-state index is 12.2. The van der Waals surface area contributed by atoms with Crippen molar-refractivity contribution in [2.24, 2.45) is 0 Å². The number of allylic oxidation sites excluding steroid dienone is 1. The van der Waals surface area contributed by atoms with Crippen molar-refractivity contribution in [2.45, 2.75) is 38.7 Å². The molecule has 0 bridgehead atoms.